The van der Waals surface area contributed by atoms with E-state index in [9.17, 15) is 14.7 Å². The summed E-state index contributed by atoms with van der Waals surface area (Å²) in [6.07, 6.45) is 1.74. The van der Waals surface area contributed by atoms with Crippen LogP contribution in [0.25, 0.3) is 0 Å². The maximum atomic E-state index is 15.3. The average Bonchev–Trinajstić information content (AvgIpc) is 3.61. The van der Waals surface area contributed by atoms with Gasteiger partial charge in [0, 0.05) is 43.2 Å². The molecule has 3 amide bonds. The summed E-state index contributed by atoms with van der Waals surface area (Å²) in [5, 5.41) is 11.2. The summed E-state index contributed by atoms with van der Waals surface area (Å²) in [7, 11) is -0.883. The summed E-state index contributed by atoms with van der Waals surface area (Å²) < 4.78 is 12.8. The Kier molecular flexibility index (Phi) is 10.8. The number of aliphatic hydroxyl groups excluding tert-OH is 1. The quantitative estimate of drug-likeness (QED) is 0.169. The van der Waals surface area contributed by atoms with Crippen LogP contribution in [0.15, 0.2) is 103 Å². The lowest BCUT2D eigenvalue weighted by Crippen LogP contribution is -2.52. The fraction of sp³-hybridized carbons (Fsp3) is 0.386. The van der Waals surface area contributed by atoms with Crippen molar-refractivity contribution < 1.29 is 29.0 Å². The Labute approximate surface area is 319 Å². The van der Waals surface area contributed by atoms with Crippen LogP contribution < -0.4 is 19.7 Å². The van der Waals surface area contributed by atoms with Crippen molar-refractivity contribution in [3.63, 3.8) is 0 Å². The van der Waals surface area contributed by atoms with Gasteiger partial charge in [0.2, 0.25) is 11.8 Å². The molecule has 4 atom stereocenters. The third-order valence-electron chi connectivity index (χ3n) is 12.0. The van der Waals surface area contributed by atoms with Gasteiger partial charge in [0.05, 0.1) is 46.5 Å². The van der Waals surface area contributed by atoms with E-state index in [-0.39, 0.29) is 48.8 Å². The van der Waals surface area contributed by atoms with Crippen molar-refractivity contribution >= 4 is 42.4 Å². The molecule has 4 aromatic carbocycles. The molecule has 0 saturated carbocycles. The fourth-order valence-electron chi connectivity index (χ4n) is 9.19. The number of carbonyl (C=O) groups is 3. The normalized spacial score (nSPS) is 22.5. The van der Waals surface area contributed by atoms with Crippen LogP contribution in [-0.4, -0.2) is 68.7 Å². The highest BCUT2D eigenvalue weighted by Crippen LogP contribution is 2.60. The van der Waals surface area contributed by atoms with Gasteiger partial charge < -0.3 is 29.3 Å². The van der Waals surface area contributed by atoms with Crippen molar-refractivity contribution in [2.45, 2.75) is 76.0 Å². The van der Waals surface area contributed by atoms with Gasteiger partial charge in [-0.3, -0.25) is 14.4 Å². The topological polar surface area (TPSA) is 99.6 Å². The summed E-state index contributed by atoms with van der Waals surface area (Å²) in [6.45, 7) is 8.09. The number of piperidine rings is 1. The van der Waals surface area contributed by atoms with E-state index in [1.54, 1.807) is 12.0 Å². The Hall–Kier alpha value is -4.77. The minimum Gasteiger partial charge on any atom is -0.497 e. The van der Waals surface area contributed by atoms with Gasteiger partial charge in [0.15, 0.2) is 5.60 Å². The summed E-state index contributed by atoms with van der Waals surface area (Å²) in [5.41, 5.74) is 2.71. The number of aliphatic hydroxyl groups is 1. The van der Waals surface area contributed by atoms with E-state index in [0.717, 1.165) is 46.7 Å². The first-order valence-corrected chi connectivity index (χ1v) is 22.2. The molecular weight excluding hydrogens is 695 g/mol. The fourth-order valence-corrected chi connectivity index (χ4v) is 13.2. The summed E-state index contributed by atoms with van der Waals surface area (Å²) >= 11 is 0. The molecule has 1 N–H and O–H groups in total. The number of amides is 3. The Bertz CT molecular complexity index is 1970. The lowest BCUT2D eigenvalue weighted by molar-refractivity contribution is -0.150. The van der Waals surface area contributed by atoms with E-state index in [4.69, 9.17) is 9.47 Å². The Morgan fingerprint density at radius 3 is 2.28 bits per heavy atom. The van der Waals surface area contributed by atoms with E-state index < -0.39 is 19.8 Å². The van der Waals surface area contributed by atoms with Crippen molar-refractivity contribution in [2.24, 2.45) is 5.92 Å². The van der Waals surface area contributed by atoms with Crippen LogP contribution in [0, 0.1) is 5.92 Å². The van der Waals surface area contributed by atoms with Crippen molar-refractivity contribution in [3.05, 3.63) is 120 Å². The second-order valence-corrected chi connectivity index (χ2v) is 20.2. The lowest BCUT2D eigenvalue weighted by atomic mass is 9.82. The highest BCUT2D eigenvalue weighted by molar-refractivity contribution is 6.91. The molecule has 2 saturated heterocycles. The molecule has 9 nitrogen and oxygen atoms in total. The van der Waals surface area contributed by atoms with Gasteiger partial charge in [0.1, 0.15) is 5.75 Å². The minimum absolute atomic E-state index is 0.0573. The van der Waals surface area contributed by atoms with Crippen LogP contribution in [0.4, 0.5) is 11.4 Å². The maximum absolute atomic E-state index is 15.3. The molecule has 7 rings (SSSR count). The van der Waals surface area contributed by atoms with Crippen molar-refractivity contribution in [1.82, 2.24) is 4.90 Å². The molecule has 2 fully saturated rings. The number of benzene rings is 4. The van der Waals surface area contributed by atoms with Gasteiger partial charge >= 0.3 is 0 Å². The Balaban J connectivity index is 1.34. The predicted molar refractivity (Wildman–Crippen MR) is 213 cm³/mol. The largest absolute Gasteiger partial charge is 0.497 e. The zero-order valence-electron chi connectivity index (χ0n) is 31.7. The van der Waals surface area contributed by atoms with Gasteiger partial charge in [-0.05, 0) is 59.8 Å². The van der Waals surface area contributed by atoms with Gasteiger partial charge in [0.25, 0.3) is 5.91 Å². The van der Waals surface area contributed by atoms with E-state index >= 15 is 4.79 Å². The molecule has 1 spiro atoms. The van der Waals surface area contributed by atoms with Crippen LogP contribution in [0.2, 0.25) is 18.6 Å². The first-order valence-electron chi connectivity index (χ1n) is 19.1. The lowest BCUT2D eigenvalue weighted by Gasteiger charge is -2.37. The molecule has 0 radical (unpaired) electrons. The van der Waals surface area contributed by atoms with Gasteiger partial charge in [-0.1, -0.05) is 98.0 Å². The van der Waals surface area contributed by atoms with Crippen LogP contribution in [0.5, 0.6) is 5.75 Å². The highest BCUT2D eigenvalue weighted by Gasteiger charge is 2.66. The number of nitrogens with zero attached hydrogens (tertiary/aromatic N) is 3. The average molecular weight is 746 g/mol. The van der Waals surface area contributed by atoms with E-state index in [1.165, 1.54) is 5.19 Å². The molecular formula is C44H51N3O6Si. The van der Waals surface area contributed by atoms with Crippen molar-refractivity contribution in [2.75, 3.05) is 36.6 Å². The molecule has 0 unspecified atom stereocenters. The summed E-state index contributed by atoms with van der Waals surface area (Å²) in [6, 6.07) is 33.8. The van der Waals surface area contributed by atoms with Crippen LogP contribution in [-0.2, 0) is 37.8 Å². The predicted octanol–water partition coefficient (Wildman–Crippen LogP) is 6.39. The van der Waals surface area contributed by atoms with Crippen molar-refractivity contribution in [3.8, 4) is 5.75 Å². The van der Waals surface area contributed by atoms with E-state index in [1.807, 2.05) is 101 Å². The standard InChI is InChI=1S/C44H51N3O6Si/c1-31-42(54(3,4)36-21-19-35(52-2)20-22-36)39(28-41(50)45(25-26-48)29-32-13-7-5-8-14-32)53-44(31)37-27-34(46-24-12-11-17-40(46)49)18-23-38(37)47(43(44)51)30-33-15-9-6-10-16-33/h5-10,13-16,18-23,27,31,39,42,48H,11-12,17,24-26,28-30H2,1-4H3/t31-,39+,42-,44+/m1/s1. The number of anilines is 2. The van der Waals surface area contributed by atoms with E-state index in [2.05, 4.69) is 32.2 Å². The minimum atomic E-state index is -2.54. The maximum Gasteiger partial charge on any atom is 0.264 e. The van der Waals surface area contributed by atoms with Gasteiger partial charge in [-0.25, -0.2) is 0 Å². The number of ether oxygens (including phenoxy) is 2. The Morgan fingerprint density at radius 1 is 0.944 bits per heavy atom. The number of hydrogen-bond donors (Lipinski definition) is 1. The zero-order chi connectivity index (χ0) is 38.0. The van der Waals surface area contributed by atoms with Crippen LogP contribution in [0.3, 0.4) is 0 Å². The van der Waals surface area contributed by atoms with Gasteiger partial charge in [-0.2, -0.15) is 0 Å². The molecule has 0 aromatic heterocycles. The second-order valence-electron chi connectivity index (χ2n) is 15.5. The molecule has 4 aromatic rings. The summed E-state index contributed by atoms with van der Waals surface area (Å²) in [5.74, 6) is 0.245. The number of fused-ring (bicyclic) bond motifs is 2. The second kappa shape index (κ2) is 15.5. The van der Waals surface area contributed by atoms with Crippen molar-refractivity contribution in [1.29, 1.82) is 0 Å². The smallest absolute Gasteiger partial charge is 0.264 e. The zero-order valence-corrected chi connectivity index (χ0v) is 32.7. The molecule has 282 valence electrons. The number of carbonyl (C=O) groups excluding carboxylic acids is 3. The molecule has 0 aliphatic carbocycles. The monoisotopic (exact) mass is 745 g/mol. The molecule has 3 aliphatic heterocycles. The van der Waals surface area contributed by atoms with Crippen LogP contribution in [0.1, 0.15) is 49.3 Å². The number of hydrogen-bond acceptors (Lipinski definition) is 6. The Morgan fingerprint density at radius 2 is 1.63 bits per heavy atom. The third kappa shape index (κ3) is 6.87. The SMILES string of the molecule is COc1ccc([Si](C)(C)[C@H]2[C@H](CC(=O)N(CCO)Cc3ccccc3)O[C@@]3(C(=O)N(Cc4ccccc4)c4ccc(N5CCCCC5=O)cc43)[C@@H]2C)cc1. The highest BCUT2D eigenvalue weighted by atomic mass is 28.3. The van der Waals surface area contributed by atoms with E-state index in [0.29, 0.717) is 26.1 Å². The molecule has 3 heterocycles. The molecule has 10 heteroatoms. The van der Waals surface area contributed by atoms with Crippen LogP contribution >= 0.6 is 0 Å². The van der Waals surface area contributed by atoms with Gasteiger partial charge in [-0.15, -0.1) is 0 Å². The first kappa shape index (κ1) is 37.5. The number of methoxy groups -OCH3 is 1. The third-order valence-corrected chi connectivity index (χ3v) is 16.3. The summed E-state index contributed by atoms with van der Waals surface area (Å²) in [4.78, 5) is 48.3. The molecule has 0 bridgehead atoms. The first-order chi connectivity index (χ1) is 26.1. The number of rotatable bonds is 12. The molecule has 54 heavy (non-hydrogen) atoms. The molecule has 3 aliphatic rings.